The summed E-state index contributed by atoms with van der Waals surface area (Å²) >= 11 is 0. The zero-order valence-electron chi connectivity index (χ0n) is 8.65. The number of hydrogen-bond acceptors (Lipinski definition) is 4. The fourth-order valence-corrected chi connectivity index (χ4v) is 1.14. The molecule has 0 aromatic carbocycles. The summed E-state index contributed by atoms with van der Waals surface area (Å²) in [6, 6.07) is -1.85. The molecule has 1 atom stereocenters. The van der Waals surface area contributed by atoms with Crippen LogP contribution in [0.1, 0.15) is 29.1 Å². The molecule has 0 bridgehead atoms. The maximum Gasteiger partial charge on any atom is 0.410 e. The Morgan fingerprint density at radius 1 is 1.56 bits per heavy atom. The van der Waals surface area contributed by atoms with Crippen LogP contribution in [0.5, 0.6) is 0 Å². The van der Waals surface area contributed by atoms with Crippen molar-refractivity contribution in [1.29, 1.82) is 0 Å². The lowest BCUT2D eigenvalue weighted by Crippen LogP contribution is -2.26. The highest BCUT2D eigenvalue weighted by Crippen LogP contribution is 2.30. The number of halogens is 3. The fourth-order valence-electron chi connectivity index (χ4n) is 1.14. The lowest BCUT2D eigenvalue weighted by atomic mass is 10.3. The van der Waals surface area contributed by atoms with Crippen molar-refractivity contribution < 1.29 is 22.7 Å². The van der Waals surface area contributed by atoms with E-state index in [4.69, 9.17) is 4.74 Å². The molecule has 8 heteroatoms. The number of alkyl halides is 3. The number of hydrogen-bond donors (Lipinski definition) is 0. The van der Waals surface area contributed by atoms with Gasteiger partial charge in [-0.05, 0) is 6.92 Å². The van der Waals surface area contributed by atoms with Crippen LogP contribution >= 0.6 is 0 Å². The average molecular weight is 237 g/mol. The Balaban J connectivity index is 3.13. The van der Waals surface area contributed by atoms with Gasteiger partial charge < -0.3 is 4.74 Å². The zero-order valence-corrected chi connectivity index (χ0v) is 8.65. The van der Waals surface area contributed by atoms with Gasteiger partial charge in [0.05, 0.1) is 12.3 Å². The molecule has 1 aromatic heterocycles. The van der Waals surface area contributed by atoms with E-state index in [0.717, 1.165) is 6.92 Å². The van der Waals surface area contributed by atoms with Gasteiger partial charge in [0.2, 0.25) is 0 Å². The summed E-state index contributed by atoms with van der Waals surface area (Å²) in [7, 11) is 1.31. The van der Waals surface area contributed by atoms with Gasteiger partial charge in [-0.25, -0.2) is 4.68 Å². The third kappa shape index (κ3) is 2.38. The van der Waals surface area contributed by atoms with Crippen LogP contribution in [0.4, 0.5) is 13.2 Å². The van der Waals surface area contributed by atoms with E-state index in [0.29, 0.717) is 11.0 Å². The summed E-state index contributed by atoms with van der Waals surface area (Å²) < 4.78 is 42.7. The number of methoxy groups -OCH3 is 1. The molecule has 0 amide bonds. The molecule has 1 aromatic rings. The minimum absolute atomic E-state index is 0.0160. The Morgan fingerprint density at radius 2 is 2.19 bits per heavy atom. The molecule has 5 nitrogen and oxygen atoms in total. The van der Waals surface area contributed by atoms with Gasteiger partial charge in [0.1, 0.15) is 6.04 Å². The highest BCUT2D eigenvalue weighted by atomic mass is 19.4. The van der Waals surface area contributed by atoms with Crippen LogP contribution in [0.3, 0.4) is 0 Å². The standard InChI is InChI=1S/C8H10F3N3O2/c1-5(8(9,10)11)14-7(4-16-2)6(3-15)12-13-14/h3,5H,4H2,1-2H3. The van der Waals surface area contributed by atoms with Crippen LogP contribution in [-0.4, -0.2) is 34.6 Å². The Hall–Kier alpha value is -1.44. The molecule has 90 valence electrons. The second kappa shape index (κ2) is 4.60. The van der Waals surface area contributed by atoms with E-state index < -0.39 is 12.2 Å². The quantitative estimate of drug-likeness (QED) is 0.742. The molecule has 0 aliphatic heterocycles. The van der Waals surface area contributed by atoms with Gasteiger partial charge in [0, 0.05) is 7.11 Å². The number of carbonyl (C=O) groups excluding carboxylic acids is 1. The molecule has 0 aliphatic carbocycles. The predicted octanol–water partition coefficient (Wildman–Crippen LogP) is 1.36. The van der Waals surface area contributed by atoms with Crippen LogP contribution in [0.2, 0.25) is 0 Å². The van der Waals surface area contributed by atoms with Crippen LogP contribution in [0, 0.1) is 0 Å². The van der Waals surface area contributed by atoms with E-state index in [2.05, 4.69) is 10.3 Å². The summed E-state index contributed by atoms with van der Waals surface area (Å²) in [5, 5.41) is 6.66. The van der Waals surface area contributed by atoms with Crippen molar-refractivity contribution in [3.8, 4) is 0 Å². The van der Waals surface area contributed by atoms with E-state index in [1.807, 2.05) is 0 Å². The normalized spacial score (nSPS) is 13.8. The Labute approximate surface area is 89.2 Å². The zero-order chi connectivity index (χ0) is 12.3. The van der Waals surface area contributed by atoms with Crippen molar-refractivity contribution in [2.45, 2.75) is 25.7 Å². The van der Waals surface area contributed by atoms with E-state index in [1.165, 1.54) is 7.11 Å². The molecule has 1 heterocycles. The molecular formula is C8H10F3N3O2. The van der Waals surface area contributed by atoms with Gasteiger partial charge in [-0.3, -0.25) is 4.79 Å². The topological polar surface area (TPSA) is 57.0 Å². The molecule has 0 radical (unpaired) electrons. The maximum absolute atomic E-state index is 12.5. The first-order valence-corrected chi connectivity index (χ1v) is 4.36. The highest BCUT2D eigenvalue weighted by Gasteiger charge is 2.39. The van der Waals surface area contributed by atoms with E-state index in [9.17, 15) is 18.0 Å². The van der Waals surface area contributed by atoms with Crippen molar-refractivity contribution in [2.24, 2.45) is 0 Å². The first-order valence-electron chi connectivity index (χ1n) is 4.36. The Bertz CT molecular complexity index is 375. The molecule has 0 saturated carbocycles. The summed E-state index contributed by atoms with van der Waals surface area (Å²) in [4.78, 5) is 10.5. The summed E-state index contributed by atoms with van der Waals surface area (Å²) in [6.45, 7) is 0.782. The first kappa shape index (κ1) is 12.6. The van der Waals surface area contributed by atoms with Gasteiger partial charge in [-0.1, -0.05) is 5.21 Å². The minimum atomic E-state index is -4.45. The third-order valence-corrected chi connectivity index (χ3v) is 2.05. The maximum atomic E-state index is 12.5. The molecule has 16 heavy (non-hydrogen) atoms. The smallest absolute Gasteiger partial charge is 0.378 e. The van der Waals surface area contributed by atoms with Crippen molar-refractivity contribution >= 4 is 6.29 Å². The van der Waals surface area contributed by atoms with Crippen LogP contribution in [0.15, 0.2) is 0 Å². The second-order valence-electron chi connectivity index (χ2n) is 3.13. The van der Waals surface area contributed by atoms with Crippen molar-refractivity contribution in [1.82, 2.24) is 15.0 Å². The van der Waals surface area contributed by atoms with Crippen molar-refractivity contribution in [2.75, 3.05) is 7.11 Å². The molecule has 0 saturated heterocycles. The lowest BCUT2D eigenvalue weighted by Gasteiger charge is -2.17. The van der Waals surface area contributed by atoms with E-state index in [-0.39, 0.29) is 18.0 Å². The number of rotatable bonds is 4. The number of aromatic nitrogens is 3. The molecule has 0 aliphatic rings. The van der Waals surface area contributed by atoms with Crippen molar-refractivity contribution in [3.05, 3.63) is 11.4 Å². The first-order chi connectivity index (χ1) is 7.41. The number of carbonyl (C=O) groups is 1. The van der Waals surface area contributed by atoms with Crippen LogP contribution in [0.25, 0.3) is 0 Å². The third-order valence-electron chi connectivity index (χ3n) is 2.05. The predicted molar refractivity (Wildman–Crippen MR) is 46.9 cm³/mol. The molecule has 0 N–H and O–H groups in total. The largest absolute Gasteiger partial charge is 0.410 e. The number of aldehydes is 1. The lowest BCUT2D eigenvalue weighted by molar-refractivity contribution is -0.166. The molecule has 1 unspecified atom stereocenters. The summed E-state index contributed by atoms with van der Waals surface area (Å²) in [6.07, 6.45) is -4.10. The number of nitrogens with zero attached hydrogens (tertiary/aromatic N) is 3. The Morgan fingerprint density at radius 3 is 2.62 bits per heavy atom. The molecule has 0 spiro atoms. The summed E-state index contributed by atoms with van der Waals surface area (Å²) in [5.74, 6) is 0. The number of ether oxygens (including phenoxy) is 1. The van der Waals surface area contributed by atoms with E-state index in [1.54, 1.807) is 0 Å². The van der Waals surface area contributed by atoms with E-state index >= 15 is 0 Å². The van der Waals surface area contributed by atoms with Gasteiger partial charge in [0.15, 0.2) is 12.0 Å². The average Bonchev–Trinajstić information content (AvgIpc) is 2.59. The van der Waals surface area contributed by atoms with Crippen LogP contribution < -0.4 is 0 Å². The van der Waals surface area contributed by atoms with Gasteiger partial charge in [-0.15, -0.1) is 5.10 Å². The van der Waals surface area contributed by atoms with Crippen LogP contribution in [-0.2, 0) is 11.3 Å². The summed E-state index contributed by atoms with van der Waals surface area (Å²) in [5.41, 5.74) is -0.125. The highest BCUT2D eigenvalue weighted by molar-refractivity contribution is 5.73. The fraction of sp³-hybridized carbons (Fsp3) is 0.625. The minimum Gasteiger partial charge on any atom is -0.378 e. The second-order valence-corrected chi connectivity index (χ2v) is 3.13. The van der Waals surface area contributed by atoms with Crippen molar-refractivity contribution in [3.63, 3.8) is 0 Å². The van der Waals surface area contributed by atoms with Gasteiger partial charge in [-0.2, -0.15) is 13.2 Å². The molecule has 0 fully saturated rings. The SMILES string of the molecule is COCc1c(C=O)nnn1C(C)C(F)(F)F. The molecule has 1 rings (SSSR count). The van der Waals surface area contributed by atoms with Gasteiger partial charge >= 0.3 is 6.18 Å². The Kier molecular flexibility index (Phi) is 3.63. The monoisotopic (exact) mass is 237 g/mol. The van der Waals surface area contributed by atoms with Gasteiger partial charge in [0.25, 0.3) is 0 Å². The molecular weight excluding hydrogens is 227 g/mol.